The molecule has 0 unspecified atom stereocenters. The highest BCUT2D eigenvalue weighted by Crippen LogP contribution is 2.17. The van der Waals surface area contributed by atoms with Gasteiger partial charge in [-0.2, -0.15) is 0 Å². The highest BCUT2D eigenvalue weighted by molar-refractivity contribution is 7.91. The Morgan fingerprint density at radius 3 is 2.33 bits per heavy atom. The highest BCUT2D eigenvalue weighted by Gasteiger charge is 2.23. The Bertz CT molecular complexity index is 740. The summed E-state index contributed by atoms with van der Waals surface area (Å²) >= 11 is 0. The van der Waals surface area contributed by atoms with E-state index >= 15 is 0 Å². The van der Waals surface area contributed by atoms with Crippen molar-refractivity contribution in [2.75, 3.05) is 5.75 Å². The first-order valence-electron chi connectivity index (χ1n) is 9.26. The summed E-state index contributed by atoms with van der Waals surface area (Å²) < 4.78 is 42.3. The number of halogens is 1. The monoisotopic (exact) mass is 399 g/mol. The molecule has 1 saturated carbocycles. The number of ether oxygens (including phenoxy) is 1. The third-order valence-electron chi connectivity index (χ3n) is 4.63. The number of benzene rings is 1. The lowest BCUT2D eigenvalue weighted by atomic mass is 10.1. The van der Waals surface area contributed by atoms with Gasteiger partial charge in [0.25, 0.3) is 5.91 Å². The van der Waals surface area contributed by atoms with E-state index in [1.807, 2.05) is 0 Å². The fourth-order valence-electron chi connectivity index (χ4n) is 3.03. The molecule has 1 N–H and O–H groups in total. The van der Waals surface area contributed by atoms with Crippen molar-refractivity contribution in [3.63, 3.8) is 0 Å². The van der Waals surface area contributed by atoms with Crippen LogP contribution in [0.5, 0.6) is 0 Å². The number of esters is 1. The van der Waals surface area contributed by atoms with Crippen molar-refractivity contribution in [2.45, 2.75) is 68.9 Å². The van der Waals surface area contributed by atoms with Crippen LogP contribution in [0.25, 0.3) is 0 Å². The average Bonchev–Trinajstić information content (AvgIpc) is 2.89. The summed E-state index contributed by atoms with van der Waals surface area (Å²) in [5.74, 6) is -2.13. The summed E-state index contributed by atoms with van der Waals surface area (Å²) in [5.41, 5.74) is 0. The molecule has 1 aromatic carbocycles. The number of carbonyl (C=O) groups excluding carboxylic acids is 2. The fourth-order valence-corrected chi connectivity index (χ4v) is 4.25. The Balaban J connectivity index is 1.80. The molecule has 1 aliphatic rings. The van der Waals surface area contributed by atoms with E-state index in [2.05, 4.69) is 5.32 Å². The predicted octanol–water partition coefficient (Wildman–Crippen LogP) is 2.76. The lowest BCUT2D eigenvalue weighted by molar-refractivity contribution is -0.154. The maximum absolute atomic E-state index is 12.9. The molecule has 0 radical (unpaired) electrons. The summed E-state index contributed by atoms with van der Waals surface area (Å²) in [7, 11) is -3.72. The Morgan fingerprint density at radius 2 is 1.74 bits per heavy atom. The van der Waals surface area contributed by atoms with Crippen molar-refractivity contribution in [2.24, 2.45) is 0 Å². The normalized spacial score (nSPS) is 17.0. The Labute approximate surface area is 159 Å². The van der Waals surface area contributed by atoms with Crippen LogP contribution < -0.4 is 5.32 Å². The second kappa shape index (κ2) is 9.82. The van der Waals surface area contributed by atoms with Crippen LogP contribution in [0.15, 0.2) is 29.2 Å². The molecular formula is C19H26FNO5S. The summed E-state index contributed by atoms with van der Waals surface area (Å²) in [6.45, 7) is 1.47. The number of carbonyl (C=O) groups is 2. The van der Waals surface area contributed by atoms with Crippen LogP contribution >= 0.6 is 0 Å². The molecule has 1 aliphatic carbocycles. The molecular weight excluding hydrogens is 373 g/mol. The molecule has 0 aromatic heterocycles. The van der Waals surface area contributed by atoms with Crippen LogP contribution in [0.4, 0.5) is 4.39 Å². The molecule has 8 heteroatoms. The molecule has 1 atom stereocenters. The number of nitrogens with one attached hydrogen (secondary N) is 1. The van der Waals surface area contributed by atoms with Crippen LogP contribution in [0.3, 0.4) is 0 Å². The summed E-state index contributed by atoms with van der Waals surface area (Å²) in [4.78, 5) is 24.0. The number of sulfone groups is 1. The summed E-state index contributed by atoms with van der Waals surface area (Å²) in [5, 5.41) is 2.90. The van der Waals surface area contributed by atoms with Crippen molar-refractivity contribution in [3.05, 3.63) is 30.1 Å². The first-order valence-corrected chi connectivity index (χ1v) is 10.9. The van der Waals surface area contributed by atoms with Crippen molar-refractivity contribution in [1.82, 2.24) is 5.32 Å². The zero-order valence-corrected chi connectivity index (χ0v) is 16.3. The molecule has 27 heavy (non-hydrogen) atoms. The van der Waals surface area contributed by atoms with E-state index in [-0.39, 0.29) is 23.3 Å². The lowest BCUT2D eigenvalue weighted by Crippen LogP contribution is -2.42. The van der Waals surface area contributed by atoms with Gasteiger partial charge in [-0.25, -0.2) is 12.8 Å². The minimum absolute atomic E-state index is 0.0594. The second-order valence-corrected chi connectivity index (χ2v) is 8.96. The molecule has 0 aliphatic heterocycles. The van der Waals surface area contributed by atoms with Gasteiger partial charge in [-0.15, -0.1) is 0 Å². The summed E-state index contributed by atoms with van der Waals surface area (Å²) in [6, 6.07) is 4.49. The van der Waals surface area contributed by atoms with Crippen LogP contribution in [-0.2, 0) is 24.2 Å². The maximum atomic E-state index is 12.9. The maximum Gasteiger partial charge on any atom is 0.307 e. The molecule has 0 heterocycles. The molecule has 1 fully saturated rings. The third-order valence-corrected chi connectivity index (χ3v) is 6.36. The van der Waals surface area contributed by atoms with Crippen molar-refractivity contribution >= 4 is 21.7 Å². The van der Waals surface area contributed by atoms with Crippen LogP contribution in [0.2, 0.25) is 0 Å². The van der Waals surface area contributed by atoms with Gasteiger partial charge in [0.15, 0.2) is 15.9 Å². The molecule has 6 nitrogen and oxygen atoms in total. The van der Waals surface area contributed by atoms with E-state index in [4.69, 9.17) is 4.74 Å². The topological polar surface area (TPSA) is 89.5 Å². The predicted molar refractivity (Wildman–Crippen MR) is 98.3 cm³/mol. The number of amides is 1. The molecule has 0 bridgehead atoms. The van der Waals surface area contributed by atoms with Gasteiger partial charge in [0.2, 0.25) is 0 Å². The molecule has 1 amide bonds. The molecule has 1 aromatic rings. The van der Waals surface area contributed by atoms with E-state index in [0.717, 1.165) is 49.9 Å². The largest absolute Gasteiger partial charge is 0.453 e. The highest BCUT2D eigenvalue weighted by atomic mass is 32.2. The van der Waals surface area contributed by atoms with E-state index in [1.165, 1.54) is 19.8 Å². The van der Waals surface area contributed by atoms with Crippen molar-refractivity contribution < 1.29 is 27.1 Å². The first-order chi connectivity index (χ1) is 12.8. The number of hydrogen-bond acceptors (Lipinski definition) is 5. The van der Waals surface area contributed by atoms with Gasteiger partial charge < -0.3 is 10.1 Å². The SMILES string of the molecule is C[C@H](OC(=O)CCS(=O)(=O)c1ccc(F)cc1)C(=O)NC1CCCCCC1. The van der Waals surface area contributed by atoms with Gasteiger partial charge in [-0.1, -0.05) is 25.7 Å². The smallest absolute Gasteiger partial charge is 0.307 e. The van der Waals surface area contributed by atoms with Crippen LogP contribution in [-0.4, -0.2) is 38.2 Å². The zero-order valence-electron chi connectivity index (χ0n) is 15.4. The van der Waals surface area contributed by atoms with Gasteiger partial charge in [-0.3, -0.25) is 9.59 Å². The molecule has 0 spiro atoms. The quantitative estimate of drug-likeness (QED) is 0.433. The van der Waals surface area contributed by atoms with Crippen LogP contribution in [0, 0.1) is 5.82 Å². The minimum atomic E-state index is -3.72. The van der Waals surface area contributed by atoms with Crippen LogP contribution in [0.1, 0.15) is 51.9 Å². The van der Waals surface area contributed by atoms with E-state index in [0.29, 0.717) is 0 Å². The van der Waals surface area contributed by atoms with E-state index in [1.54, 1.807) is 0 Å². The first kappa shape index (κ1) is 21.3. The van der Waals surface area contributed by atoms with E-state index < -0.39 is 33.5 Å². The number of rotatable bonds is 7. The second-order valence-electron chi connectivity index (χ2n) is 6.85. The minimum Gasteiger partial charge on any atom is -0.453 e. The van der Waals surface area contributed by atoms with Gasteiger partial charge in [0.05, 0.1) is 17.1 Å². The summed E-state index contributed by atoms with van der Waals surface area (Å²) in [6.07, 6.45) is 4.96. The van der Waals surface area contributed by atoms with Gasteiger partial charge >= 0.3 is 5.97 Å². The molecule has 150 valence electrons. The Kier molecular flexibility index (Phi) is 7.77. The molecule has 0 saturated heterocycles. The fraction of sp³-hybridized carbons (Fsp3) is 0.579. The van der Waals surface area contributed by atoms with Crippen molar-refractivity contribution in [1.29, 1.82) is 0 Å². The lowest BCUT2D eigenvalue weighted by Gasteiger charge is -2.19. The van der Waals surface area contributed by atoms with Gasteiger partial charge in [0.1, 0.15) is 5.82 Å². The Morgan fingerprint density at radius 1 is 1.15 bits per heavy atom. The van der Waals surface area contributed by atoms with E-state index in [9.17, 15) is 22.4 Å². The average molecular weight is 399 g/mol. The van der Waals surface area contributed by atoms with Gasteiger partial charge in [-0.05, 0) is 44.0 Å². The zero-order chi connectivity index (χ0) is 19.9. The van der Waals surface area contributed by atoms with Crippen molar-refractivity contribution in [3.8, 4) is 0 Å². The Hall–Kier alpha value is -1.96. The third kappa shape index (κ3) is 6.93. The standard InChI is InChI=1S/C19H26FNO5S/c1-14(19(23)21-16-6-4-2-3-5-7-16)26-18(22)12-13-27(24,25)17-10-8-15(20)9-11-17/h8-11,14,16H,2-7,12-13H2,1H3,(H,21,23)/t14-/m0/s1. The van der Waals surface area contributed by atoms with Gasteiger partial charge in [0, 0.05) is 6.04 Å². The number of hydrogen-bond donors (Lipinski definition) is 1. The molecule has 2 rings (SSSR count).